The second-order valence-corrected chi connectivity index (χ2v) is 3.62. The van der Waals surface area contributed by atoms with Gasteiger partial charge in [0.05, 0.1) is 0 Å². The van der Waals surface area contributed by atoms with E-state index in [1.807, 2.05) is 6.92 Å². The highest BCUT2D eigenvalue weighted by Crippen LogP contribution is 2.30. The predicted octanol–water partition coefficient (Wildman–Crippen LogP) is 3.07. The van der Waals surface area contributed by atoms with Gasteiger partial charge in [0.2, 0.25) is 0 Å². The van der Waals surface area contributed by atoms with Crippen molar-refractivity contribution in [2.24, 2.45) is 5.41 Å². The van der Waals surface area contributed by atoms with Crippen LogP contribution in [0, 0.1) is 17.3 Å². The van der Waals surface area contributed by atoms with Crippen LogP contribution in [0.3, 0.4) is 0 Å². The van der Waals surface area contributed by atoms with Crippen LogP contribution in [0.25, 0.3) is 0 Å². The summed E-state index contributed by atoms with van der Waals surface area (Å²) >= 11 is 0. The van der Waals surface area contributed by atoms with Crippen molar-refractivity contribution in [3.05, 3.63) is 0 Å². The van der Waals surface area contributed by atoms with Gasteiger partial charge in [-0.2, -0.15) is 0 Å². The van der Waals surface area contributed by atoms with E-state index in [-0.39, 0.29) is 0 Å². The Hall–Kier alpha value is -0.970. The fraction of sp³-hybridized carbons (Fsp3) is 0.750. The maximum Gasteiger partial charge on any atom is 0.321 e. The number of unbranched alkanes of at least 4 members (excludes halogenated alkanes) is 1. The first kappa shape index (κ1) is 13.0. The molecule has 1 atom stereocenters. The van der Waals surface area contributed by atoms with Gasteiger partial charge in [0, 0.05) is 0 Å². The molecule has 0 radical (unpaired) electrons. The monoisotopic (exact) mass is 196 g/mol. The Morgan fingerprint density at radius 1 is 1.29 bits per heavy atom. The molecule has 0 heterocycles. The summed E-state index contributed by atoms with van der Waals surface area (Å²) in [6.07, 6.45) is 4.15. The molecule has 0 aromatic rings. The van der Waals surface area contributed by atoms with Crippen molar-refractivity contribution in [2.45, 2.75) is 52.9 Å². The highest BCUT2D eigenvalue weighted by molar-refractivity contribution is 5.78. The molecular weight excluding hydrogens is 176 g/mol. The molecule has 0 fully saturated rings. The average molecular weight is 196 g/mol. The Labute approximate surface area is 86.7 Å². The molecule has 2 nitrogen and oxygen atoms in total. The molecule has 1 N–H and O–H groups in total. The second kappa shape index (κ2) is 6.48. The van der Waals surface area contributed by atoms with Crippen molar-refractivity contribution in [3.8, 4) is 11.8 Å². The van der Waals surface area contributed by atoms with Crippen LogP contribution >= 0.6 is 0 Å². The number of aliphatic carboxylic acids is 1. The third-order valence-electron chi connectivity index (χ3n) is 2.41. The van der Waals surface area contributed by atoms with Gasteiger partial charge < -0.3 is 5.11 Å². The summed E-state index contributed by atoms with van der Waals surface area (Å²) in [4.78, 5) is 11.2. The molecule has 2 heteroatoms. The molecule has 0 saturated carbocycles. The fourth-order valence-corrected chi connectivity index (χ4v) is 1.66. The molecule has 0 aromatic carbocycles. The Bertz CT molecular complexity index is 234. The lowest BCUT2D eigenvalue weighted by molar-refractivity contribution is -0.146. The standard InChI is InChI=1S/C12H20O2/c1-4-7-10-12(8-5-2,9-6-3)11(13)14/h4-5,7-8,10H2,1-3H3,(H,13,14). The van der Waals surface area contributed by atoms with Gasteiger partial charge in [0.15, 0.2) is 0 Å². The molecule has 0 saturated heterocycles. The lowest BCUT2D eigenvalue weighted by atomic mass is 9.79. The highest BCUT2D eigenvalue weighted by Gasteiger charge is 2.34. The first-order valence-electron chi connectivity index (χ1n) is 5.30. The molecule has 0 spiro atoms. The zero-order valence-corrected chi connectivity index (χ0v) is 9.39. The van der Waals surface area contributed by atoms with Crippen LogP contribution < -0.4 is 0 Å². The summed E-state index contributed by atoms with van der Waals surface area (Å²) in [7, 11) is 0. The Morgan fingerprint density at radius 2 is 1.93 bits per heavy atom. The topological polar surface area (TPSA) is 37.3 Å². The van der Waals surface area contributed by atoms with Crippen molar-refractivity contribution < 1.29 is 9.90 Å². The zero-order chi connectivity index (χ0) is 11.0. The molecule has 0 amide bonds. The summed E-state index contributed by atoms with van der Waals surface area (Å²) in [6.45, 7) is 5.78. The summed E-state index contributed by atoms with van der Waals surface area (Å²) in [5, 5.41) is 9.21. The van der Waals surface area contributed by atoms with Crippen molar-refractivity contribution >= 4 is 5.97 Å². The lowest BCUT2D eigenvalue weighted by Gasteiger charge is -2.22. The van der Waals surface area contributed by atoms with E-state index in [1.54, 1.807) is 6.92 Å². The summed E-state index contributed by atoms with van der Waals surface area (Å²) in [6, 6.07) is 0. The number of hydrogen-bond donors (Lipinski definition) is 1. The van der Waals surface area contributed by atoms with Crippen LogP contribution in [0.2, 0.25) is 0 Å². The smallest absolute Gasteiger partial charge is 0.321 e. The number of hydrogen-bond acceptors (Lipinski definition) is 1. The van der Waals surface area contributed by atoms with Crippen LogP contribution in [0.1, 0.15) is 52.9 Å². The van der Waals surface area contributed by atoms with Crippen LogP contribution in [-0.2, 0) is 4.79 Å². The third kappa shape index (κ3) is 3.41. The molecule has 0 rings (SSSR count). The SMILES string of the molecule is CC#CC(CCC)(CCCC)C(=O)O. The van der Waals surface area contributed by atoms with Gasteiger partial charge >= 0.3 is 5.97 Å². The lowest BCUT2D eigenvalue weighted by Crippen LogP contribution is -2.29. The van der Waals surface area contributed by atoms with Crippen molar-refractivity contribution in [3.63, 3.8) is 0 Å². The van der Waals surface area contributed by atoms with E-state index in [4.69, 9.17) is 0 Å². The third-order valence-corrected chi connectivity index (χ3v) is 2.41. The van der Waals surface area contributed by atoms with Gasteiger partial charge in [0.25, 0.3) is 0 Å². The molecular formula is C12H20O2. The summed E-state index contributed by atoms with van der Waals surface area (Å²) in [5.74, 6) is 4.87. The maximum atomic E-state index is 11.2. The number of carboxylic acid groups (broad SMARTS) is 1. The summed E-state index contributed by atoms with van der Waals surface area (Å²) < 4.78 is 0. The Kier molecular flexibility index (Phi) is 6.03. The molecule has 0 aliphatic rings. The minimum Gasteiger partial charge on any atom is -0.480 e. The molecule has 0 aliphatic heterocycles. The molecule has 0 bridgehead atoms. The minimum absolute atomic E-state index is 0.656. The predicted molar refractivity (Wildman–Crippen MR) is 58.0 cm³/mol. The van der Waals surface area contributed by atoms with Crippen LogP contribution in [0.15, 0.2) is 0 Å². The van der Waals surface area contributed by atoms with E-state index >= 15 is 0 Å². The van der Waals surface area contributed by atoms with Crippen molar-refractivity contribution in [1.82, 2.24) is 0 Å². The number of carbonyl (C=O) groups is 1. The Morgan fingerprint density at radius 3 is 2.29 bits per heavy atom. The van der Waals surface area contributed by atoms with E-state index in [0.29, 0.717) is 12.8 Å². The highest BCUT2D eigenvalue weighted by atomic mass is 16.4. The van der Waals surface area contributed by atoms with E-state index in [2.05, 4.69) is 18.8 Å². The minimum atomic E-state index is -0.792. The van der Waals surface area contributed by atoms with Crippen molar-refractivity contribution in [1.29, 1.82) is 0 Å². The number of carboxylic acids is 1. The summed E-state index contributed by atoms with van der Waals surface area (Å²) in [5.41, 5.74) is -0.792. The van der Waals surface area contributed by atoms with E-state index < -0.39 is 11.4 Å². The number of rotatable bonds is 6. The first-order chi connectivity index (χ1) is 6.63. The van der Waals surface area contributed by atoms with Crippen molar-refractivity contribution in [2.75, 3.05) is 0 Å². The molecule has 0 aliphatic carbocycles. The fourth-order valence-electron chi connectivity index (χ4n) is 1.66. The van der Waals surface area contributed by atoms with Gasteiger partial charge in [-0.15, -0.1) is 5.92 Å². The molecule has 14 heavy (non-hydrogen) atoms. The van der Waals surface area contributed by atoms with Gasteiger partial charge in [-0.3, -0.25) is 4.79 Å². The van der Waals surface area contributed by atoms with Gasteiger partial charge in [-0.05, 0) is 19.8 Å². The second-order valence-electron chi connectivity index (χ2n) is 3.62. The van der Waals surface area contributed by atoms with Gasteiger partial charge in [-0.1, -0.05) is 39.0 Å². The van der Waals surface area contributed by atoms with Gasteiger partial charge in [0.1, 0.15) is 5.41 Å². The zero-order valence-electron chi connectivity index (χ0n) is 9.39. The Balaban J connectivity index is 4.71. The quantitative estimate of drug-likeness (QED) is 0.663. The molecule has 1 unspecified atom stereocenters. The molecule has 80 valence electrons. The maximum absolute atomic E-state index is 11.2. The van der Waals surface area contributed by atoms with Gasteiger partial charge in [-0.25, -0.2) is 0 Å². The molecule has 0 aromatic heterocycles. The van der Waals surface area contributed by atoms with Crippen LogP contribution in [0.5, 0.6) is 0 Å². The van der Waals surface area contributed by atoms with E-state index in [1.165, 1.54) is 0 Å². The van der Waals surface area contributed by atoms with Crippen LogP contribution in [0.4, 0.5) is 0 Å². The average Bonchev–Trinajstić information content (AvgIpc) is 2.14. The largest absolute Gasteiger partial charge is 0.480 e. The first-order valence-corrected chi connectivity index (χ1v) is 5.30. The van der Waals surface area contributed by atoms with E-state index in [0.717, 1.165) is 19.3 Å². The van der Waals surface area contributed by atoms with Crippen LogP contribution in [-0.4, -0.2) is 11.1 Å². The normalized spacial score (nSPS) is 13.9. The van der Waals surface area contributed by atoms with E-state index in [9.17, 15) is 9.90 Å².